The van der Waals surface area contributed by atoms with Gasteiger partial charge in [-0.2, -0.15) is 5.10 Å². The molecule has 0 saturated carbocycles. The number of rotatable bonds is 2. The largest absolute Gasteiger partial charge is 0.455 e. The molecular weight excluding hydrogens is 192 g/mol. The highest BCUT2D eigenvalue weighted by atomic mass is 16.6. The summed E-state index contributed by atoms with van der Waals surface area (Å²) in [5.41, 5.74) is 0.804. The van der Waals surface area contributed by atoms with E-state index in [2.05, 4.69) is 10.2 Å². The Bertz CT molecular complexity index is 348. The molecule has 15 heavy (non-hydrogen) atoms. The van der Waals surface area contributed by atoms with Gasteiger partial charge in [-0.25, -0.2) is 4.79 Å². The van der Waals surface area contributed by atoms with Crippen LogP contribution in [0, 0.1) is 0 Å². The van der Waals surface area contributed by atoms with Crippen molar-refractivity contribution < 1.29 is 9.53 Å². The third-order valence-corrected chi connectivity index (χ3v) is 1.83. The molecule has 0 unspecified atom stereocenters. The van der Waals surface area contributed by atoms with Gasteiger partial charge in [0.05, 0.1) is 0 Å². The lowest BCUT2D eigenvalue weighted by molar-refractivity contribution is 0.00628. The summed E-state index contributed by atoms with van der Waals surface area (Å²) in [5.74, 6) is -0.0562. The molecular formula is C11H18N2O2. The number of carbonyl (C=O) groups excluding carboxylic acids is 1. The molecule has 0 atom stereocenters. The molecule has 0 radical (unpaired) electrons. The Morgan fingerprint density at radius 3 is 2.47 bits per heavy atom. The van der Waals surface area contributed by atoms with Crippen LogP contribution in [0.1, 0.15) is 56.7 Å². The number of H-pyrrole nitrogens is 1. The first kappa shape index (κ1) is 11.8. The second-order valence-corrected chi connectivity index (χ2v) is 4.87. The Balaban J connectivity index is 2.75. The van der Waals surface area contributed by atoms with Crippen molar-refractivity contribution in [2.45, 2.75) is 46.1 Å². The Morgan fingerprint density at radius 1 is 1.47 bits per heavy atom. The predicted molar refractivity (Wildman–Crippen MR) is 57.8 cm³/mol. The quantitative estimate of drug-likeness (QED) is 0.763. The van der Waals surface area contributed by atoms with Crippen molar-refractivity contribution in [3.05, 3.63) is 17.5 Å². The van der Waals surface area contributed by atoms with Crippen molar-refractivity contribution >= 4 is 5.97 Å². The minimum Gasteiger partial charge on any atom is -0.455 e. The number of aromatic amines is 1. The number of ether oxygens (including phenoxy) is 1. The van der Waals surface area contributed by atoms with E-state index in [-0.39, 0.29) is 5.97 Å². The first-order valence-corrected chi connectivity index (χ1v) is 5.08. The van der Waals surface area contributed by atoms with Gasteiger partial charge in [-0.1, -0.05) is 13.8 Å². The normalized spacial score (nSPS) is 11.9. The van der Waals surface area contributed by atoms with Gasteiger partial charge in [0.2, 0.25) is 0 Å². The molecule has 0 bridgehead atoms. The third kappa shape index (κ3) is 3.38. The first-order chi connectivity index (χ1) is 6.79. The van der Waals surface area contributed by atoms with Crippen LogP contribution >= 0.6 is 0 Å². The second kappa shape index (κ2) is 4.04. The van der Waals surface area contributed by atoms with Crippen LogP contribution in [-0.2, 0) is 4.74 Å². The molecule has 0 amide bonds. The van der Waals surface area contributed by atoms with E-state index in [4.69, 9.17) is 4.74 Å². The SMILES string of the molecule is CC(C)c1cc(C(=O)OC(C)(C)C)n[nH]1. The maximum atomic E-state index is 11.6. The van der Waals surface area contributed by atoms with Gasteiger partial charge in [-0.3, -0.25) is 5.10 Å². The van der Waals surface area contributed by atoms with Crippen LogP contribution in [0.25, 0.3) is 0 Å². The number of hydrogen-bond donors (Lipinski definition) is 1. The van der Waals surface area contributed by atoms with Gasteiger partial charge in [-0.15, -0.1) is 0 Å². The van der Waals surface area contributed by atoms with E-state index in [1.54, 1.807) is 6.07 Å². The number of hydrogen-bond acceptors (Lipinski definition) is 3. The molecule has 1 rings (SSSR count). The standard InChI is InChI=1S/C11H18N2O2/c1-7(2)8-6-9(13-12-8)10(14)15-11(3,4)5/h6-7H,1-5H3,(H,12,13). The zero-order valence-electron chi connectivity index (χ0n) is 9.92. The molecule has 0 aliphatic heterocycles. The average Bonchev–Trinajstić information content (AvgIpc) is 2.47. The lowest BCUT2D eigenvalue weighted by Crippen LogP contribution is -2.24. The van der Waals surface area contributed by atoms with Crippen LogP contribution in [0.2, 0.25) is 0 Å². The molecule has 0 fully saturated rings. The van der Waals surface area contributed by atoms with Crippen molar-refractivity contribution in [3.8, 4) is 0 Å². The van der Waals surface area contributed by atoms with E-state index < -0.39 is 5.60 Å². The fourth-order valence-corrected chi connectivity index (χ4v) is 1.07. The van der Waals surface area contributed by atoms with E-state index in [1.165, 1.54) is 0 Å². The monoisotopic (exact) mass is 210 g/mol. The van der Waals surface area contributed by atoms with E-state index in [0.29, 0.717) is 11.6 Å². The van der Waals surface area contributed by atoms with Crippen LogP contribution in [0.5, 0.6) is 0 Å². The summed E-state index contributed by atoms with van der Waals surface area (Å²) in [7, 11) is 0. The van der Waals surface area contributed by atoms with Crippen LogP contribution < -0.4 is 0 Å². The number of nitrogens with zero attached hydrogens (tertiary/aromatic N) is 1. The lowest BCUT2D eigenvalue weighted by atomic mass is 10.1. The van der Waals surface area contributed by atoms with Crippen LogP contribution in [0.3, 0.4) is 0 Å². The number of nitrogens with one attached hydrogen (secondary N) is 1. The Labute approximate surface area is 90.0 Å². The smallest absolute Gasteiger partial charge is 0.359 e. The highest BCUT2D eigenvalue weighted by molar-refractivity contribution is 5.87. The van der Waals surface area contributed by atoms with E-state index in [0.717, 1.165) is 5.69 Å². The van der Waals surface area contributed by atoms with Crippen LogP contribution in [-0.4, -0.2) is 21.8 Å². The molecule has 0 spiro atoms. The summed E-state index contributed by atoms with van der Waals surface area (Å²) >= 11 is 0. The van der Waals surface area contributed by atoms with Gasteiger partial charge in [0.1, 0.15) is 5.60 Å². The van der Waals surface area contributed by atoms with Crippen molar-refractivity contribution in [2.24, 2.45) is 0 Å². The van der Waals surface area contributed by atoms with Crippen molar-refractivity contribution in [3.63, 3.8) is 0 Å². The highest BCUT2D eigenvalue weighted by Gasteiger charge is 2.20. The molecule has 84 valence electrons. The second-order valence-electron chi connectivity index (χ2n) is 4.87. The first-order valence-electron chi connectivity index (χ1n) is 5.08. The number of esters is 1. The van der Waals surface area contributed by atoms with E-state index in [1.807, 2.05) is 34.6 Å². The molecule has 4 nitrogen and oxygen atoms in total. The van der Waals surface area contributed by atoms with E-state index in [9.17, 15) is 4.79 Å². The maximum Gasteiger partial charge on any atom is 0.359 e. The number of carbonyl (C=O) groups is 1. The highest BCUT2D eigenvalue weighted by Crippen LogP contribution is 2.15. The molecule has 0 saturated heterocycles. The van der Waals surface area contributed by atoms with Gasteiger partial charge < -0.3 is 4.74 Å². The topological polar surface area (TPSA) is 55.0 Å². The van der Waals surface area contributed by atoms with Gasteiger partial charge >= 0.3 is 5.97 Å². The molecule has 0 aliphatic carbocycles. The molecule has 1 aromatic rings. The minimum atomic E-state index is -0.478. The van der Waals surface area contributed by atoms with Gasteiger partial charge in [0, 0.05) is 5.69 Å². The summed E-state index contributed by atoms with van der Waals surface area (Å²) in [4.78, 5) is 11.6. The summed E-state index contributed by atoms with van der Waals surface area (Å²) in [6.45, 7) is 9.57. The zero-order chi connectivity index (χ0) is 11.6. The molecule has 4 heteroatoms. The van der Waals surface area contributed by atoms with Gasteiger partial charge in [-0.05, 0) is 32.8 Å². The molecule has 1 N–H and O–H groups in total. The zero-order valence-corrected chi connectivity index (χ0v) is 9.92. The van der Waals surface area contributed by atoms with Gasteiger partial charge in [0.15, 0.2) is 5.69 Å². The average molecular weight is 210 g/mol. The molecule has 0 aliphatic rings. The van der Waals surface area contributed by atoms with Crippen molar-refractivity contribution in [2.75, 3.05) is 0 Å². The molecule has 1 aromatic heterocycles. The van der Waals surface area contributed by atoms with Gasteiger partial charge in [0.25, 0.3) is 0 Å². The van der Waals surface area contributed by atoms with E-state index >= 15 is 0 Å². The summed E-state index contributed by atoms with van der Waals surface area (Å²) in [6.07, 6.45) is 0. The fourth-order valence-electron chi connectivity index (χ4n) is 1.07. The Morgan fingerprint density at radius 2 is 2.07 bits per heavy atom. The Kier molecular flexibility index (Phi) is 3.17. The molecule has 0 aromatic carbocycles. The Hall–Kier alpha value is -1.32. The maximum absolute atomic E-state index is 11.6. The predicted octanol–water partition coefficient (Wildman–Crippen LogP) is 2.49. The summed E-state index contributed by atoms with van der Waals surface area (Å²) in [6, 6.07) is 1.73. The van der Waals surface area contributed by atoms with Crippen LogP contribution in [0.15, 0.2) is 6.07 Å². The van der Waals surface area contributed by atoms with Crippen molar-refractivity contribution in [1.82, 2.24) is 10.2 Å². The summed E-state index contributed by atoms with van der Waals surface area (Å²) < 4.78 is 5.20. The lowest BCUT2D eigenvalue weighted by Gasteiger charge is -2.18. The minimum absolute atomic E-state index is 0.327. The van der Waals surface area contributed by atoms with Crippen LogP contribution in [0.4, 0.5) is 0 Å². The molecule has 1 heterocycles. The number of aromatic nitrogens is 2. The van der Waals surface area contributed by atoms with Crippen molar-refractivity contribution in [1.29, 1.82) is 0 Å². The fraction of sp³-hybridized carbons (Fsp3) is 0.636. The summed E-state index contributed by atoms with van der Waals surface area (Å²) in [5, 5.41) is 6.74. The third-order valence-electron chi connectivity index (χ3n) is 1.83.